The molecule has 0 radical (unpaired) electrons. The largest absolute Gasteiger partial charge is 0.349 e. The first-order valence-corrected chi connectivity index (χ1v) is 8.64. The number of thiophene rings is 1. The van der Waals surface area contributed by atoms with E-state index in [9.17, 15) is 9.59 Å². The van der Waals surface area contributed by atoms with Crippen LogP contribution in [0, 0.1) is 6.92 Å². The number of anilines is 1. The minimum atomic E-state index is -0.502. The van der Waals surface area contributed by atoms with Crippen LogP contribution < -0.4 is 10.2 Å². The highest BCUT2D eigenvalue weighted by molar-refractivity contribution is 7.09. The third-order valence-corrected chi connectivity index (χ3v) is 4.83. The van der Waals surface area contributed by atoms with E-state index in [0.29, 0.717) is 25.9 Å². The van der Waals surface area contributed by atoms with E-state index < -0.39 is 6.04 Å². The molecule has 1 aliphatic heterocycles. The molecular weight excluding hydrogens is 312 g/mol. The molecule has 23 heavy (non-hydrogen) atoms. The van der Waals surface area contributed by atoms with Gasteiger partial charge >= 0.3 is 0 Å². The Morgan fingerprint density at radius 3 is 3.04 bits per heavy atom. The van der Waals surface area contributed by atoms with Gasteiger partial charge in [0.2, 0.25) is 11.8 Å². The summed E-state index contributed by atoms with van der Waals surface area (Å²) in [5.74, 6) is 0.578. The molecule has 0 saturated heterocycles. The quantitative estimate of drug-likeness (QED) is 0.911. The summed E-state index contributed by atoms with van der Waals surface area (Å²) in [6.45, 7) is 4.88. The summed E-state index contributed by atoms with van der Waals surface area (Å²) in [5, 5.41) is 9.31. The fourth-order valence-corrected chi connectivity index (χ4v) is 3.51. The van der Waals surface area contributed by atoms with E-state index in [1.54, 1.807) is 16.2 Å². The van der Waals surface area contributed by atoms with Crippen LogP contribution in [0.2, 0.25) is 0 Å². The van der Waals surface area contributed by atoms with Crippen molar-refractivity contribution in [2.75, 3.05) is 4.90 Å². The first-order chi connectivity index (χ1) is 11.1. The first kappa shape index (κ1) is 15.7. The fourth-order valence-electron chi connectivity index (χ4n) is 2.86. The lowest BCUT2D eigenvalue weighted by Gasteiger charge is -2.33. The zero-order valence-electron chi connectivity index (χ0n) is 13.3. The van der Waals surface area contributed by atoms with E-state index in [1.807, 2.05) is 42.1 Å². The topological polar surface area (TPSA) is 67.2 Å². The van der Waals surface area contributed by atoms with Gasteiger partial charge in [-0.2, -0.15) is 5.10 Å². The molecule has 0 aliphatic carbocycles. The van der Waals surface area contributed by atoms with Gasteiger partial charge in [0.1, 0.15) is 11.9 Å². The minimum absolute atomic E-state index is 0.0180. The average Bonchev–Trinajstić information content (AvgIpc) is 3.16. The predicted octanol–water partition coefficient (Wildman–Crippen LogP) is 2.08. The zero-order valence-corrected chi connectivity index (χ0v) is 14.1. The second-order valence-corrected chi connectivity index (χ2v) is 6.63. The number of aromatic nitrogens is 2. The molecule has 0 fully saturated rings. The van der Waals surface area contributed by atoms with E-state index >= 15 is 0 Å². The molecular formula is C16H20N4O2S. The van der Waals surface area contributed by atoms with Gasteiger partial charge in [-0.05, 0) is 24.8 Å². The first-order valence-electron chi connectivity index (χ1n) is 7.76. The normalized spacial score (nSPS) is 15.4. The molecule has 0 saturated carbocycles. The maximum absolute atomic E-state index is 12.6. The molecule has 7 heteroatoms. The highest BCUT2D eigenvalue weighted by Gasteiger charge is 2.34. The van der Waals surface area contributed by atoms with Crippen molar-refractivity contribution in [1.29, 1.82) is 0 Å². The van der Waals surface area contributed by atoms with E-state index in [0.717, 1.165) is 16.4 Å². The van der Waals surface area contributed by atoms with Crippen molar-refractivity contribution in [2.45, 2.75) is 45.8 Å². The van der Waals surface area contributed by atoms with Crippen LogP contribution in [0.4, 0.5) is 5.82 Å². The summed E-state index contributed by atoms with van der Waals surface area (Å²) in [6, 6.07) is 5.30. The van der Waals surface area contributed by atoms with Gasteiger partial charge in [-0.15, -0.1) is 11.3 Å². The SMILES string of the molecule is CC[C@H](C(=O)NCc1cccs1)N1C(=O)CCn2nc(C)cc21. The molecule has 2 aromatic heterocycles. The molecule has 0 unspecified atom stereocenters. The second kappa shape index (κ2) is 6.54. The lowest BCUT2D eigenvalue weighted by Crippen LogP contribution is -2.52. The smallest absolute Gasteiger partial charge is 0.243 e. The van der Waals surface area contributed by atoms with Crippen LogP contribution >= 0.6 is 11.3 Å². The van der Waals surface area contributed by atoms with Crippen molar-refractivity contribution in [3.05, 3.63) is 34.2 Å². The Labute approximate surface area is 139 Å². The van der Waals surface area contributed by atoms with Gasteiger partial charge in [0, 0.05) is 17.4 Å². The van der Waals surface area contributed by atoms with Gasteiger partial charge in [-0.1, -0.05) is 13.0 Å². The lowest BCUT2D eigenvalue weighted by atomic mass is 10.1. The predicted molar refractivity (Wildman–Crippen MR) is 89.3 cm³/mol. The molecule has 1 aliphatic rings. The van der Waals surface area contributed by atoms with Crippen LogP contribution in [0.5, 0.6) is 0 Å². The standard InChI is InChI=1S/C16H20N4O2S/c1-3-13(16(22)17-10-12-5-4-8-23-12)20-14-9-11(2)18-19(14)7-6-15(20)21/h4-5,8-9,13H,3,6-7,10H2,1-2H3,(H,17,22)/t13-/m1/s1. The summed E-state index contributed by atoms with van der Waals surface area (Å²) in [7, 11) is 0. The third-order valence-electron chi connectivity index (χ3n) is 3.95. The van der Waals surface area contributed by atoms with Crippen molar-refractivity contribution in [3.63, 3.8) is 0 Å². The molecule has 3 rings (SSSR count). The number of nitrogens with zero attached hydrogens (tertiary/aromatic N) is 3. The second-order valence-electron chi connectivity index (χ2n) is 5.60. The number of aryl methyl sites for hydroxylation is 2. The van der Waals surface area contributed by atoms with Crippen molar-refractivity contribution >= 4 is 29.0 Å². The Kier molecular flexibility index (Phi) is 4.47. The van der Waals surface area contributed by atoms with Crippen molar-refractivity contribution in [1.82, 2.24) is 15.1 Å². The average molecular weight is 332 g/mol. The molecule has 1 atom stereocenters. The van der Waals surface area contributed by atoms with Gasteiger partial charge in [0.05, 0.1) is 18.8 Å². The van der Waals surface area contributed by atoms with Gasteiger partial charge < -0.3 is 5.32 Å². The number of fused-ring (bicyclic) bond motifs is 1. The molecule has 6 nitrogen and oxygen atoms in total. The number of hydrogen-bond acceptors (Lipinski definition) is 4. The van der Waals surface area contributed by atoms with Crippen molar-refractivity contribution in [3.8, 4) is 0 Å². The van der Waals surface area contributed by atoms with E-state index in [-0.39, 0.29) is 11.8 Å². The van der Waals surface area contributed by atoms with Gasteiger partial charge in [0.15, 0.2) is 0 Å². The van der Waals surface area contributed by atoms with Gasteiger partial charge in [-0.3, -0.25) is 14.5 Å². The lowest BCUT2D eigenvalue weighted by molar-refractivity contribution is -0.127. The fraction of sp³-hybridized carbons (Fsp3) is 0.438. The molecule has 122 valence electrons. The van der Waals surface area contributed by atoms with Crippen LogP contribution in [0.15, 0.2) is 23.6 Å². The van der Waals surface area contributed by atoms with E-state index in [2.05, 4.69) is 10.4 Å². The van der Waals surface area contributed by atoms with E-state index in [4.69, 9.17) is 0 Å². The molecule has 2 amide bonds. The van der Waals surface area contributed by atoms with Crippen molar-refractivity contribution < 1.29 is 9.59 Å². The molecule has 0 aromatic carbocycles. The van der Waals surface area contributed by atoms with Crippen LogP contribution in [-0.2, 0) is 22.7 Å². The summed E-state index contributed by atoms with van der Waals surface area (Å²) in [4.78, 5) is 27.7. The van der Waals surface area contributed by atoms with Gasteiger partial charge in [0.25, 0.3) is 0 Å². The number of carbonyl (C=O) groups is 2. The highest BCUT2D eigenvalue weighted by Crippen LogP contribution is 2.26. The maximum atomic E-state index is 12.6. The zero-order chi connectivity index (χ0) is 16.4. The number of carbonyl (C=O) groups excluding carboxylic acids is 2. The minimum Gasteiger partial charge on any atom is -0.349 e. The number of nitrogens with one attached hydrogen (secondary N) is 1. The molecule has 0 spiro atoms. The van der Waals surface area contributed by atoms with Gasteiger partial charge in [-0.25, -0.2) is 4.68 Å². The summed E-state index contributed by atoms with van der Waals surface area (Å²) in [5.41, 5.74) is 0.855. The Balaban J connectivity index is 1.79. The molecule has 1 N–H and O–H groups in total. The Morgan fingerprint density at radius 1 is 1.52 bits per heavy atom. The number of hydrogen-bond donors (Lipinski definition) is 1. The van der Waals surface area contributed by atoms with E-state index in [1.165, 1.54) is 0 Å². The molecule has 2 aromatic rings. The van der Waals surface area contributed by atoms with Crippen LogP contribution in [0.3, 0.4) is 0 Å². The molecule has 3 heterocycles. The number of rotatable bonds is 5. The van der Waals surface area contributed by atoms with Crippen molar-refractivity contribution in [2.24, 2.45) is 0 Å². The van der Waals surface area contributed by atoms with Crippen LogP contribution in [0.1, 0.15) is 30.3 Å². The Bertz CT molecular complexity index is 708. The third kappa shape index (κ3) is 3.14. The highest BCUT2D eigenvalue weighted by atomic mass is 32.1. The number of amides is 2. The summed E-state index contributed by atoms with van der Waals surface area (Å²) >= 11 is 1.60. The van der Waals surface area contributed by atoms with Crippen LogP contribution in [0.25, 0.3) is 0 Å². The Hall–Kier alpha value is -2.15. The molecule has 0 bridgehead atoms. The maximum Gasteiger partial charge on any atom is 0.243 e. The Morgan fingerprint density at radius 2 is 2.35 bits per heavy atom. The summed E-state index contributed by atoms with van der Waals surface area (Å²) in [6.07, 6.45) is 0.940. The van der Waals surface area contributed by atoms with Crippen LogP contribution in [-0.4, -0.2) is 27.6 Å². The monoisotopic (exact) mass is 332 g/mol. The summed E-state index contributed by atoms with van der Waals surface area (Å²) < 4.78 is 1.81.